The predicted octanol–water partition coefficient (Wildman–Crippen LogP) is 2.15. The van der Waals surface area contributed by atoms with Crippen molar-refractivity contribution in [2.45, 2.75) is 19.0 Å². The molecule has 0 saturated carbocycles. The van der Waals surface area contributed by atoms with Crippen molar-refractivity contribution in [3.05, 3.63) is 23.5 Å². The largest absolute Gasteiger partial charge is 0.440 e. The molecule has 4 nitrogen and oxygen atoms in total. The first kappa shape index (κ1) is 12.8. The molecule has 0 radical (unpaired) electrons. The number of hydrogen-bond donors (Lipinski definition) is 1. The summed E-state index contributed by atoms with van der Waals surface area (Å²) in [5, 5.41) is 3.17. The van der Waals surface area contributed by atoms with Gasteiger partial charge in [-0.3, -0.25) is 4.90 Å². The minimum absolute atomic E-state index is 0.287. The van der Waals surface area contributed by atoms with Crippen molar-refractivity contribution in [3.8, 4) is 0 Å². The predicted molar refractivity (Wildman–Crippen MR) is 57.5 cm³/mol. The highest BCUT2D eigenvalue weighted by Crippen LogP contribution is 2.22. The summed E-state index contributed by atoms with van der Waals surface area (Å²) < 4.78 is 39.9. The summed E-state index contributed by atoms with van der Waals surface area (Å²) in [4.78, 5) is 12.6. The van der Waals surface area contributed by atoms with Crippen LogP contribution in [-0.2, 0) is 4.74 Å². The molecule has 2 heterocycles. The number of rotatable bonds is 1. The van der Waals surface area contributed by atoms with E-state index in [4.69, 9.17) is 0 Å². The van der Waals surface area contributed by atoms with Gasteiger partial charge >= 0.3 is 12.3 Å². The molecule has 0 bridgehead atoms. The molecule has 0 aromatic rings. The van der Waals surface area contributed by atoms with E-state index in [1.165, 1.54) is 6.20 Å². The fraction of sp³-hybridized carbons (Fsp3) is 0.545. The van der Waals surface area contributed by atoms with Crippen LogP contribution in [0.15, 0.2) is 23.5 Å². The Kier molecular flexibility index (Phi) is 3.49. The van der Waals surface area contributed by atoms with Crippen LogP contribution < -0.4 is 5.32 Å². The van der Waals surface area contributed by atoms with Gasteiger partial charge in [-0.1, -0.05) is 0 Å². The molecular formula is C11H13F3N2O2. The third-order valence-corrected chi connectivity index (χ3v) is 2.73. The number of ether oxygens (including phenoxy) is 1. The Morgan fingerprint density at radius 1 is 1.50 bits per heavy atom. The first-order valence-electron chi connectivity index (χ1n) is 5.60. The summed E-state index contributed by atoms with van der Waals surface area (Å²) in [5.74, 6) is 0. The van der Waals surface area contributed by atoms with E-state index < -0.39 is 18.9 Å². The average Bonchev–Trinajstić information content (AvgIpc) is 2.34. The number of carbonyl (C=O) groups is 1. The zero-order chi connectivity index (χ0) is 13.2. The van der Waals surface area contributed by atoms with Crippen LogP contribution in [0.3, 0.4) is 0 Å². The van der Waals surface area contributed by atoms with Gasteiger partial charge in [0.15, 0.2) is 6.61 Å². The Bertz CT molecular complexity index is 402. The Morgan fingerprint density at radius 2 is 2.28 bits per heavy atom. The van der Waals surface area contributed by atoms with Crippen molar-refractivity contribution in [3.63, 3.8) is 0 Å². The van der Waals surface area contributed by atoms with E-state index >= 15 is 0 Å². The first-order chi connectivity index (χ1) is 8.46. The normalized spacial score (nSPS) is 19.4. The summed E-state index contributed by atoms with van der Waals surface area (Å²) in [6.45, 7) is -0.391. The van der Waals surface area contributed by atoms with Crippen LogP contribution in [0, 0.1) is 0 Å². The van der Waals surface area contributed by atoms with Gasteiger partial charge in [-0.15, -0.1) is 0 Å². The monoisotopic (exact) mass is 262 g/mol. The molecule has 2 aliphatic rings. The van der Waals surface area contributed by atoms with Gasteiger partial charge in [0.25, 0.3) is 0 Å². The Hall–Kier alpha value is -1.66. The standard InChI is InChI=1S/C11H13F3N2O2/c12-11(13,14)7-18-10(17)16-5-3-9-8(6-16)2-1-4-15-9/h3,5,15H,1-2,4,6-7H2. The zero-order valence-corrected chi connectivity index (χ0v) is 9.59. The fourth-order valence-corrected chi connectivity index (χ4v) is 1.90. The molecule has 0 aromatic carbocycles. The Balaban J connectivity index is 1.91. The highest BCUT2D eigenvalue weighted by atomic mass is 19.4. The van der Waals surface area contributed by atoms with Crippen LogP contribution in [-0.4, -0.2) is 36.9 Å². The number of hydrogen-bond acceptors (Lipinski definition) is 3. The number of alkyl halides is 3. The minimum atomic E-state index is -4.49. The van der Waals surface area contributed by atoms with Crippen LogP contribution in [0.25, 0.3) is 0 Å². The molecule has 1 amide bonds. The first-order valence-corrected chi connectivity index (χ1v) is 5.60. The van der Waals surface area contributed by atoms with Crippen LogP contribution in [0.1, 0.15) is 12.8 Å². The number of nitrogens with zero attached hydrogens (tertiary/aromatic N) is 1. The van der Waals surface area contributed by atoms with E-state index in [2.05, 4.69) is 10.1 Å². The van der Waals surface area contributed by atoms with Crippen LogP contribution >= 0.6 is 0 Å². The van der Waals surface area contributed by atoms with E-state index in [0.29, 0.717) is 0 Å². The summed E-state index contributed by atoms with van der Waals surface area (Å²) in [6.07, 6.45) is -0.539. The molecule has 7 heteroatoms. The molecule has 100 valence electrons. The van der Waals surface area contributed by atoms with Crippen molar-refractivity contribution in [1.82, 2.24) is 10.2 Å². The Labute approximate surface area is 102 Å². The van der Waals surface area contributed by atoms with Crippen molar-refractivity contribution < 1.29 is 22.7 Å². The van der Waals surface area contributed by atoms with Gasteiger partial charge in [0.05, 0.1) is 6.54 Å². The van der Waals surface area contributed by atoms with Crippen LogP contribution in [0.4, 0.5) is 18.0 Å². The number of carbonyl (C=O) groups excluding carboxylic acids is 1. The topological polar surface area (TPSA) is 41.6 Å². The summed E-state index contributed by atoms with van der Waals surface area (Å²) >= 11 is 0. The lowest BCUT2D eigenvalue weighted by Crippen LogP contribution is -2.36. The highest BCUT2D eigenvalue weighted by molar-refractivity contribution is 5.70. The third kappa shape index (κ3) is 3.18. The zero-order valence-electron chi connectivity index (χ0n) is 9.59. The molecule has 0 saturated heterocycles. The molecule has 0 spiro atoms. The van der Waals surface area contributed by atoms with Crippen LogP contribution in [0.5, 0.6) is 0 Å². The molecule has 18 heavy (non-hydrogen) atoms. The number of amides is 1. The van der Waals surface area contributed by atoms with Gasteiger partial charge in [-0.2, -0.15) is 13.2 Å². The van der Waals surface area contributed by atoms with Gasteiger partial charge < -0.3 is 10.1 Å². The average molecular weight is 262 g/mol. The fourth-order valence-electron chi connectivity index (χ4n) is 1.90. The molecule has 0 unspecified atom stereocenters. The molecule has 2 aliphatic heterocycles. The van der Waals surface area contributed by atoms with Gasteiger partial charge in [0.1, 0.15) is 0 Å². The quantitative estimate of drug-likeness (QED) is 0.787. The second-order valence-corrected chi connectivity index (χ2v) is 4.16. The second kappa shape index (κ2) is 4.91. The summed E-state index contributed by atoms with van der Waals surface area (Å²) in [6, 6.07) is 0. The molecule has 0 aromatic heterocycles. The summed E-state index contributed by atoms with van der Waals surface area (Å²) in [7, 11) is 0. The van der Waals surface area contributed by atoms with Crippen molar-refractivity contribution in [2.24, 2.45) is 0 Å². The molecule has 1 N–H and O–H groups in total. The van der Waals surface area contributed by atoms with E-state index in [1.54, 1.807) is 6.08 Å². The van der Waals surface area contributed by atoms with Crippen LogP contribution in [0.2, 0.25) is 0 Å². The minimum Gasteiger partial charge on any atom is -0.440 e. The SMILES string of the molecule is O=C(OCC(F)(F)F)N1C=CC2=C(CCCN2)C1. The van der Waals surface area contributed by atoms with Crippen molar-refractivity contribution in [2.75, 3.05) is 19.7 Å². The third-order valence-electron chi connectivity index (χ3n) is 2.73. The number of nitrogens with one attached hydrogen (secondary N) is 1. The number of halogens is 3. The maximum absolute atomic E-state index is 11.9. The lowest BCUT2D eigenvalue weighted by atomic mass is 10.0. The maximum atomic E-state index is 11.9. The van der Waals surface area contributed by atoms with E-state index in [-0.39, 0.29) is 6.54 Å². The van der Waals surface area contributed by atoms with E-state index in [9.17, 15) is 18.0 Å². The molecule has 0 atom stereocenters. The molecule has 0 fully saturated rings. The molecule has 2 rings (SSSR count). The van der Waals surface area contributed by atoms with Crippen molar-refractivity contribution >= 4 is 6.09 Å². The lowest BCUT2D eigenvalue weighted by Gasteiger charge is -2.28. The van der Waals surface area contributed by atoms with Gasteiger partial charge in [-0.25, -0.2) is 4.79 Å². The van der Waals surface area contributed by atoms with E-state index in [0.717, 1.165) is 35.6 Å². The van der Waals surface area contributed by atoms with Gasteiger partial charge in [-0.05, 0) is 24.5 Å². The number of allylic oxidation sites excluding steroid dienone is 1. The lowest BCUT2D eigenvalue weighted by molar-refractivity contribution is -0.161. The van der Waals surface area contributed by atoms with Gasteiger partial charge in [0, 0.05) is 18.4 Å². The second-order valence-electron chi connectivity index (χ2n) is 4.16. The smallest absolute Gasteiger partial charge is 0.422 e. The molecule has 0 aliphatic carbocycles. The molecular weight excluding hydrogens is 249 g/mol. The van der Waals surface area contributed by atoms with Crippen molar-refractivity contribution in [1.29, 1.82) is 0 Å². The summed E-state index contributed by atoms with van der Waals surface area (Å²) in [5.41, 5.74) is 1.98. The van der Waals surface area contributed by atoms with E-state index in [1.807, 2.05) is 0 Å². The highest BCUT2D eigenvalue weighted by Gasteiger charge is 2.31. The van der Waals surface area contributed by atoms with Gasteiger partial charge in [0.2, 0.25) is 0 Å². The Morgan fingerprint density at radius 3 is 3.00 bits per heavy atom. The maximum Gasteiger partial charge on any atom is 0.422 e.